The molecule has 0 aromatic heterocycles. The minimum Gasteiger partial charge on any atom is -0.478 e. The zero-order valence-corrected chi connectivity index (χ0v) is 13.4. The van der Waals surface area contributed by atoms with Gasteiger partial charge in [0.05, 0.1) is 16.1 Å². The third-order valence-corrected chi connectivity index (χ3v) is 5.20. The summed E-state index contributed by atoms with van der Waals surface area (Å²) in [6, 6.07) is 10.8. The Bertz CT molecular complexity index is 828. The lowest BCUT2D eigenvalue weighted by Gasteiger charge is -2.22. The number of hydrogen-bond acceptors (Lipinski definition) is 3. The number of aryl methyl sites for hydroxylation is 2. The van der Waals surface area contributed by atoms with Crippen molar-refractivity contribution in [3.05, 3.63) is 59.2 Å². The topological polar surface area (TPSA) is 74.7 Å². The number of hydrogen-bond donors (Lipinski definition) is 1. The van der Waals surface area contributed by atoms with Crippen LogP contribution >= 0.6 is 0 Å². The average Bonchev–Trinajstić information content (AvgIpc) is 2.46. The highest BCUT2D eigenvalue weighted by atomic mass is 32.2. The molecule has 1 N–H and O–H groups in total. The van der Waals surface area contributed by atoms with Crippen LogP contribution in [0.4, 0.5) is 5.69 Å². The zero-order chi connectivity index (χ0) is 16.5. The van der Waals surface area contributed by atoms with E-state index in [1.54, 1.807) is 6.07 Å². The van der Waals surface area contributed by atoms with Crippen LogP contribution in [0.1, 0.15) is 21.5 Å². The number of aromatic carboxylic acids is 1. The molecule has 5 nitrogen and oxygen atoms in total. The zero-order valence-electron chi connectivity index (χ0n) is 12.6. The fourth-order valence-electron chi connectivity index (χ4n) is 2.24. The van der Waals surface area contributed by atoms with Gasteiger partial charge < -0.3 is 5.11 Å². The van der Waals surface area contributed by atoms with Crippen molar-refractivity contribution in [2.75, 3.05) is 11.4 Å². The van der Waals surface area contributed by atoms with Crippen LogP contribution in [0.2, 0.25) is 0 Å². The third-order valence-electron chi connectivity index (χ3n) is 3.43. The summed E-state index contributed by atoms with van der Waals surface area (Å²) in [6.45, 7) is 3.77. The maximum absolute atomic E-state index is 12.7. The minimum absolute atomic E-state index is 0.0464. The first-order valence-electron chi connectivity index (χ1n) is 6.63. The second kappa shape index (κ2) is 5.81. The summed E-state index contributed by atoms with van der Waals surface area (Å²) in [5, 5.41) is 9.00. The van der Waals surface area contributed by atoms with Crippen LogP contribution in [-0.2, 0) is 10.0 Å². The van der Waals surface area contributed by atoms with Gasteiger partial charge in [0.1, 0.15) is 0 Å². The molecule has 0 saturated heterocycles. The number of benzene rings is 2. The van der Waals surface area contributed by atoms with Crippen LogP contribution < -0.4 is 4.31 Å². The molecule has 6 heteroatoms. The van der Waals surface area contributed by atoms with Gasteiger partial charge in [-0.3, -0.25) is 4.31 Å². The van der Waals surface area contributed by atoms with E-state index in [-0.39, 0.29) is 10.5 Å². The Kier molecular flexibility index (Phi) is 4.23. The van der Waals surface area contributed by atoms with Gasteiger partial charge in [-0.1, -0.05) is 23.8 Å². The fraction of sp³-hybridized carbons (Fsp3) is 0.188. The molecular formula is C16H17NO4S. The van der Waals surface area contributed by atoms with Crippen LogP contribution in [0.25, 0.3) is 0 Å². The fourth-order valence-corrected chi connectivity index (χ4v) is 3.54. The second-order valence-electron chi connectivity index (χ2n) is 5.10. The Morgan fingerprint density at radius 2 is 1.77 bits per heavy atom. The van der Waals surface area contributed by atoms with Gasteiger partial charge in [-0.2, -0.15) is 0 Å². The summed E-state index contributed by atoms with van der Waals surface area (Å²) in [5.74, 6) is -1.16. The van der Waals surface area contributed by atoms with Gasteiger partial charge in [-0.25, -0.2) is 13.2 Å². The van der Waals surface area contributed by atoms with Crippen LogP contribution in [0.3, 0.4) is 0 Å². The lowest BCUT2D eigenvalue weighted by atomic mass is 10.1. The Labute approximate surface area is 129 Å². The van der Waals surface area contributed by atoms with Crippen molar-refractivity contribution in [3.8, 4) is 0 Å². The molecular weight excluding hydrogens is 302 g/mol. The first-order chi connectivity index (χ1) is 10.2. The molecule has 0 saturated carbocycles. The lowest BCUT2D eigenvalue weighted by Crippen LogP contribution is -2.27. The van der Waals surface area contributed by atoms with E-state index >= 15 is 0 Å². The van der Waals surface area contributed by atoms with Crippen molar-refractivity contribution >= 4 is 21.7 Å². The highest BCUT2D eigenvalue weighted by molar-refractivity contribution is 7.92. The van der Waals surface area contributed by atoms with Gasteiger partial charge in [-0.05, 0) is 43.7 Å². The molecule has 2 aromatic rings. The van der Waals surface area contributed by atoms with Crippen molar-refractivity contribution in [1.29, 1.82) is 0 Å². The van der Waals surface area contributed by atoms with E-state index in [1.165, 1.54) is 29.6 Å². The highest BCUT2D eigenvalue weighted by Gasteiger charge is 2.23. The van der Waals surface area contributed by atoms with Gasteiger partial charge >= 0.3 is 5.97 Å². The van der Waals surface area contributed by atoms with E-state index in [1.807, 2.05) is 26.0 Å². The summed E-state index contributed by atoms with van der Waals surface area (Å²) in [4.78, 5) is 11.0. The van der Waals surface area contributed by atoms with Gasteiger partial charge in [0, 0.05) is 7.05 Å². The van der Waals surface area contributed by atoms with Gasteiger partial charge in [0.25, 0.3) is 10.0 Å². The molecule has 116 valence electrons. The molecule has 0 spiro atoms. The molecule has 22 heavy (non-hydrogen) atoms. The maximum Gasteiger partial charge on any atom is 0.335 e. The third kappa shape index (κ3) is 2.96. The maximum atomic E-state index is 12.7. The van der Waals surface area contributed by atoms with E-state index in [0.717, 1.165) is 17.2 Å². The molecule has 0 aliphatic heterocycles. The molecule has 0 aliphatic carbocycles. The molecule has 0 radical (unpaired) electrons. The van der Waals surface area contributed by atoms with E-state index in [9.17, 15) is 13.2 Å². The monoisotopic (exact) mass is 319 g/mol. The van der Waals surface area contributed by atoms with Crippen LogP contribution in [0.5, 0.6) is 0 Å². The number of anilines is 1. The van der Waals surface area contributed by atoms with Gasteiger partial charge in [-0.15, -0.1) is 0 Å². The number of carbonyl (C=O) groups is 1. The minimum atomic E-state index is -3.81. The Hall–Kier alpha value is -2.34. The predicted molar refractivity (Wildman–Crippen MR) is 84.9 cm³/mol. The van der Waals surface area contributed by atoms with Crippen molar-refractivity contribution in [1.82, 2.24) is 0 Å². The molecule has 0 amide bonds. The highest BCUT2D eigenvalue weighted by Crippen LogP contribution is 2.26. The largest absolute Gasteiger partial charge is 0.478 e. The first-order valence-corrected chi connectivity index (χ1v) is 8.07. The Morgan fingerprint density at radius 3 is 2.36 bits per heavy atom. The second-order valence-corrected chi connectivity index (χ2v) is 7.06. The van der Waals surface area contributed by atoms with Crippen molar-refractivity contribution < 1.29 is 18.3 Å². The number of nitrogens with zero attached hydrogens (tertiary/aromatic N) is 1. The Morgan fingerprint density at radius 1 is 1.09 bits per heavy atom. The van der Waals surface area contributed by atoms with Crippen molar-refractivity contribution in [3.63, 3.8) is 0 Å². The number of carboxylic acids is 1. The van der Waals surface area contributed by atoms with E-state index < -0.39 is 16.0 Å². The summed E-state index contributed by atoms with van der Waals surface area (Å²) in [5.41, 5.74) is 2.38. The number of rotatable bonds is 4. The number of carboxylic acid groups (broad SMARTS) is 1. The summed E-state index contributed by atoms with van der Waals surface area (Å²) in [6.07, 6.45) is 0. The molecule has 2 rings (SSSR count). The number of sulfonamides is 1. The quantitative estimate of drug-likeness (QED) is 0.940. The summed E-state index contributed by atoms with van der Waals surface area (Å²) < 4.78 is 26.5. The molecule has 0 bridgehead atoms. The van der Waals surface area contributed by atoms with Crippen LogP contribution in [0.15, 0.2) is 47.4 Å². The van der Waals surface area contributed by atoms with E-state index in [2.05, 4.69) is 0 Å². The molecule has 0 fully saturated rings. The standard InChI is InChI=1S/C16H17NO4S/c1-11-7-8-15(12(2)9-11)17(3)22(20,21)14-6-4-5-13(10-14)16(18)19/h4-10H,1-3H3,(H,18,19). The molecule has 0 heterocycles. The van der Waals surface area contributed by atoms with Crippen molar-refractivity contribution in [2.24, 2.45) is 0 Å². The van der Waals surface area contributed by atoms with Crippen molar-refractivity contribution in [2.45, 2.75) is 18.7 Å². The predicted octanol–water partition coefficient (Wildman–Crippen LogP) is 2.83. The summed E-state index contributed by atoms with van der Waals surface area (Å²) >= 11 is 0. The lowest BCUT2D eigenvalue weighted by molar-refractivity contribution is 0.0696. The average molecular weight is 319 g/mol. The van der Waals surface area contributed by atoms with E-state index in [4.69, 9.17) is 5.11 Å². The first kappa shape index (κ1) is 16.0. The van der Waals surface area contributed by atoms with Crippen LogP contribution in [0, 0.1) is 13.8 Å². The van der Waals surface area contributed by atoms with Gasteiger partial charge in [0.15, 0.2) is 0 Å². The normalized spacial score (nSPS) is 11.2. The Balaban J connectivity index is 2.49. The van der Waals surface area contributed by atoms with Crippen LogP contribution in [-0.4, -0.2) is 26.5 Å². The SMILES string of the molecule is Cc1ccc(N(C)S(=O)(=O)c2cccc(C(=O)O)c2)c(C)c1. The molecule has 0 atom stereocenters. The van der Waals surface area contributed by atoms with Gasteiger partial charge in [0.2, 0.25) is 0 Å². The molecule has 2 aromatic carbocycles. The molecule has 0 unspecified atom stereocenters. The van der Waals surface area contributed by atoms with E-state index in [0.29, 0.717) is 5.69 Å². The molecule has 0 aliphatic rings. The summed E-state index contributed by atoms with van der Waals surface area (Å²) in [7, 11) is -2.35. The smallest absolute Gasteiger partial charge is 0.335 e.